The van der Waals surface area contributed by atoms with Crippen LogP contribution < -0.4 is 5.73 Å². The molecular formula is C7H15NO4. The second kappa shape index (κ2) is 8.29. The van der Waals surface area contributed by atoms with Gasteiger partial charge in [0.05, 0.1) is 6.61 Å². The standard InChI is InChI=1S/C7H15NO4/c1-2-3-4-10-5-6-11-12-7(8)9/h2-6H2,1H3,(H2,8,9). The lowest BCUT2D eigenvalue weighted by atomic mass is 10.4. The third-order valence-electron chi connectivity index (χ3n) is 1.09. The fourth-order valence-corrected chi connectivity index (χ4v) is 0.541. The highest BCUT2D eigenvalue weighted by molar-refractivity contribution is 5.63. The lowest BCUT2D eigenvalue weighted by Crippen LogP contribution is -2.15. The van der Waals surface area contributed by atoms with Crippen LogP contribution in [0.15, 0.2) is 0 Å². The molecule has 0 spiro atoms. The van der Waals surface area contributed by atoms with Gasteiger partial charge >= 0.3 is 6.09 Å². The second-order valence-electron chi connectivity index (χ2n) is 2.19. The van der Waals surface area contributed by atoms with Crippen LogP contribution in [0.3, 0.4) is 0 Å². The zero-order chi connectivity index (χ0) is 9.23. The predicted molar refractivity (Wildman–Crippen MR) is 42.3 cm³/mol. The Hall–Kier alpha value is -0.810. The number of carbonyl (C=O) groups is 1. The van der Waals surface area contributed by atoms with Crippen molar-refractivity contribution in [2.75, 3.05) is 19.8 Å². The molecule has 5 heteroatoms. The summed E-state index contributed by atoms with van der Waals surface area (Å²) in [6.45, 7) is 3.41. The Bertz CT molecular complexity index is 118. The third-order valence-corrected chi connectivity index (χ3v) is 1.09. The third kappa shape index (κ3) is 9.19. The molecule has 0 saturated heterocycles. The first-order valence-electron chi connectivity index (χ1n) is 3.94. The van der Waals surface area contributed by atoms with Crippen molar-refractivity contribution in [3.05, 3.63) is 0 Å². The van der Waals surface area contributed by atoms with Gasteiger partial charge in [-0.3, -0.25) is 4.89 Å². The number of nitrogens with two attached hydrogens (primary N) is 1. The summed E-state index contributed by atoms with van der Waals surface area (Å²) in [5.41, 5.74) is 4.63. The SMILES string of the molecule is CCCCOCCOOC(N)=O. The number of rotatable bonds is 7. The maximum Gasteiger partial charge on any atom is 0.436 e. The molecule has 0 rings (SSSR count). The molecule has 0 unspecified atom stereocenters. The fourth-order valence-electron chi connectivity index (χ4n) is 0.541. The van der Waals surface area contributed by atoms with E-state index in [1.54, 1.807) is 0 Å². The molecule has 1 amide bonds. The number of hydrogen-bond donors (Lipinski definition) is 1. The van der Waals surface area contributed by atoms with Crippen LogP contribution in [-0.4, -0.2) is 25.9 Å². The quantitative estimate of drug-likeness (QED) is 0.355. The molecule has 0 bridgehead atoms. The second-order valence-corrected chi connectivity index (χ2v) is 2.19. The van der Waals surface area contributed by atoms with Crippen LogP contribution in [0.2, 0.25) is 0 Å². The van der Waals surface area contributed by atoms with E-state index in [0.717, 1.165) is 12.8 Å². The van der Waals surface area contributed by atoms with Gasteiger partial charge in [0.1, 0.15) is 6.61 Å². The first-order valence-corrected chi connectivity index (χ1v) is 3.94. The lowest BCUT2D eigenvalue weighted by molar-refractivity contribution is -0.242. The first-order chi connectivity index (χ1) is 5.77. The smallest absolute Gasteiger partial charge is 0.379 e. The van der Waals surface area contributed by atoms with Gasteiger partial charge in [0.15, 0.2) is 0 Å². The summed E-state index contributed by atoms with van der Waals surface area (Å²) in [6.07, 6.45) is 1.18. The molecule has 0 radical (unpaired) electrons. The van der Waals surface area contributed by atoms with Crippen LogP contribution in [0.25, 0.3) is 0 Å². The maximum absolute atomic E-state index is 9.97. The van der Waals surface area contributed by atoms with Gasteiger partial charge in [-0.05, 0) is 6.42 Å². The maximum atomic E-state index is 9.97. The Balaban J connectivity index is 2.86. The molecule has 0 aromatic carbocycles. The average molecular weight is 177 g/mol. The zero-order valence-corrected chi connectivity index (χ0v) is 7.25. The van der Waals surface area contributed by atoms with Crippen molar-refractivity contribution >= 4 is 6.09 Å². The normalized spacial score (nSPS) is 9.75. The molecule has 12 heavy (non-hydrogen) atoms. The Morgan fingerprint density at radius 2 is 2.08 bits per heavy atom. The van der Waals surface area contributed by atoms with E-state index in [9.17, 15) is 4.79 Å². The first kappa shape index (κ1) is 11.2. The molecule has 0 atom stereocenters. The number of amides is 1. The minimum Gasteiger partial charge on any atom is -0.379 e. The van der Waals surface area contributed by atoms with E-state index in [-0.39, 0.29) is 6.61 Å². The lowest BCUT2D eigenvalue weighted by Gasteiger charge is -2.02. The van der Waals surface area contributed by atoms with Crippen LogP contribution in [0.1, 0.15) is 19.8 Å². The van der Waals surface area contributed by atoms with Gasteiger partial charge in [0.2, 0.25) is 0 Å². The number of ether oxygens (including phenoxy) is 1. The number of hydrogen-bond acceptors (Lipinski definition) is 4. The van der Waals surface area contributed by atoms with Crippen molar-refractivity contribution in [3.8, 4) is 0 Å². The van der Waals surface area contributed by atoms with Crippen molar-refractivity contribution in [2.45, 2.75) is 19.8 Å². The summed E-state index contributed by atoms with van der Waals surface area (Å²) in [5, 5.41) is 0. The number of unbranched alkanes of at least 4 members (excludes halogenated alkanes) is 1. The zero-order valence-electron chi connectivity index (χ0n) is 7.25. The van der Waals surface area contributed by atoms with E-state index in [4.69, 9.17) is 4.74 Å². The summed E-state index contributed by atoms with van der Waals surface area (Å²) in [4.78, 5) is 18.4. The highest BCUT2D eigenvalue weighted by Gasteiger charge is 1.93. The Morgan fingerprint density at radius 1 is 1.33 bits per heavy atom. The molecule has 0 aliphatic carbocycles. The van der Waals surface area contributed by atoms with Gasteiger partial charge in [-0.15, -0.1) is 0 Å². The molecule has 2 N–H and O–H groups in total. The predicted octanol–water partition coefficient (Wildman–Crippen LogP) is 0.830. The van der Waals surface area contributed by atoms with E-state index in [2.05, 4.69) is 22.4 Å². The minimum atomic E-state index is -0.941. The van der Waals surface area contributed by atoms with Crippen LogP contribution in [0, 0.1) is 0 Å². The monoisotopic (exact) mass is 177 g/mol. The molecule has 0 aliphatic heterocycles. The van der Waals surface area contributed by atoms with Crippen LogP contribution in [-0.2, 0) is 14.5 Å². The van der Waals surface area contributed by atoms with Crippen LogP contribution in [0.4, 0.5) is 4.79 Å². The molecule has 5 nitrogen and oxygen atoms in total. The van der Waals surface area contributed by atoms with E-state index in [1.165, 1.54) is 0 Å². The van der Waals surface area contributed by atoms with Gasteiger partial charge in [0.25, 0.3) is 0 Å². The Kier molecular flexibility index (Phi) is 7.73. The average Bonchev–Trinajstić information content (AvgIpc) is 2.02. The minimum absolute atomic E-state index is 0.215. The number of primary amides is 1. The topological polar surface area (TPSA) is 70.8 Å². The summed E-state index contributed by atoms with van der Waals surface area (Å²) in [7, 11) is 0. The van der Waals surface area contributed by atoms with Crippen molar-refractivity contribution in [3.63, 3.8) is 0 Å². The molecular weight excluding hydrogens is 162 g/mol. The van der Waals surface area contributed by atoms with Gasteiger partial charge in [-0.25, -0.2) is 4.79 Å². The fraction of sp³-hybridized carbons (Fsp3) is 0.857. The van der Waals surface area contributed by atoms with E-state index < -0.39 is 6.09 Å². The van der Waals surface area contributed by atoms with Crippen molar-refractivity contribution in [2.24, 2.45) is 5.73 Å². The van der Waals surface area contributed by atoms with Crippen LogP contribution in [0.5, 0.6) is 0 Å². The Morgan fingerprint density at radius 3 is 2.67 bits per heavy atom. The Labute approximate surface area is 71.7 Å². The molecule has 0 fully saturated rings. The summed E-state index contributed by atoms with van der Waals surface area (Å²) in [6, 6.07) is 0. The van der Waals surface area contributed by atoms with Crippen LogP contribution >= 0.6 is 0 Å². The van der Waals surface area contributed by atoms with Crippen molar-refractivity contribution < 1.29 is 19.3 Å². The molecule has 0 aromatic rings. The molecule has 0 saturated carbocycles. The summed E-state index contributed by atoms with van der Waals surface area (Å²) in [5.74, 6) is 0. The highest BCUT2D eigenvalue weighted by Crippen LogP contribution is 1.87. The van der Waals surface area contributed by atoms with Crippen molar-refractivity contribution in [1.82, 2.24) is 0 Å². The van der Waals surface area contributed by atoms with E-state index >= 15 is 0 Å². The van der Waals surface area contributed by atoms with E-state index in [0.29, 0.717) is 13.2 Å². The van der Waals surface area contributed by atoms with E-state index in [1.807, 2.05) is 0 Å². The summed E-state index contributed by atoms with van der Waals surface area (Å²) >= 11 is 0. The largest absolute Gasteiger partial charge is 0.436 e. The molecule has 0 heterocycles. The molecule has 0 aromatic heterocycles. The molecule has 0 aliphatic rings. The van der Waals surface area contributed by atoms with Gasteiger partial charge in [-0.2, -0.15) is 4.89 Å². The van der Waals surface area contributed by atoms with Gasteiger partial charge in [0, 0.05) is 6.61 Å². The highest BCUT2D eigenvalue weighted by atomic mass is 17.2. The number of carbonyl (C=O) groups excluding carboxylic acids is 1. The van der Waals surface area contributed by atoms with Gasteiger partial charge in [-0.1, -0.05) is 13.3 Å². The molecule has 72 valence electrons. The van der Waals surface area contributed by atoms with Crippen molar-refractivity contribution in [1.29, 1.82) is 0 Å². The summed E-state index contributed by atoms with van der Waals surface area (Å²) < 4.78 is 5.10. The van der Waals surface area contributed by atoms with Gasteiger partial charge < -0.3 is 10.5 Å².